The average Bonchev–Trinajstić information content (AvgIpc) is 3.18. The van der Waals surface area contributed by atoms with Crippen LogP contribution in [0.4, 0.5) is 5.69 Å². The van der Waals surface area contributed by atoms with Gasteiger partial charge in [-0.15, -0.1) is 0 Å². The largest absolute Gasteiger partial charge is 0.349 e. The number of nitrogens with zero attached hydrogens (tertiary/aromatic N) is 3. The van der Waals surface area contributed by atoms with Crippen LogP contribution in [0.3, 0.4) is 0 Å². The molecule has 0 saturated heterocycles. The molecule has 2 aromatic rings. The number of nitro benzene ring substituents is 1. The zero-order chi connectivity index (χ0) is 15.0. The van der Waals surface area contributed by atoms with E-state index in [9.17, 15) is 14.9 Å². The summed E-state index contributed by atoms with van der Waals surface area (Å²) in [5.41, 5.74) is 1.71. The highest BCUT2D eigenvalue weighted by Gasteiger charge is 2.26. The number of hydrogen-bond acceptors (Lipinski definition) is 4. The molecule has 0 atom stereocenters. The molecule has 1 amide bonds. The molecule has 7 nitrogen and oxygen atoms in total. The lowest BCUT2D eigenvalue weighted by molar-refractivity contribution is -0.384. The highest BCUT2D eigenvalue weighted by atomic mass is 16.6. The molecule has 0 aliphatic heterocycles. The van der Waals surface area contributed by atoms with E-state index in [-0.39, 0.29) is 17.6 Å². The predicted octanol–water partition coefficient (Wildman–Crippen LogP) is 1.89. The quantitative estimate of drug-likeness (QED) is 0.686. The Hall–Kier alpha value is -2.70. The van der Waals surface area contributed by atoms with Gasteiger partial charge in [0.25, 0.3) is 11.6 Å². The summed E-state index contributed by atoms with van der Waals surface area (Å²) in [6.07, 6.45) is 3.69. The zero-order valence-corrected chi connectivity index (χ0v) is 11.4. The molecule has 0 unspecified atom stereocenters. The first-order valence-electron chi connectivity index (χ1n) is 6.64. The van der Waals surface area contributed by atoms with E-state index in [4.69, 9.17) is 0 Å². The minimum absolute atomic E-state index is 0.0127. The van der Waals surface area contributed by atoms with Crippen molar-refractivity contribution < 1.29 is 9.72 Å². The molecular formula is C14H14N4O3. The number of aromatic nitrogens is 2. The molecule has 0 radical (unpaired) electrons. The van der Waals surface area contributed by atoms with E-state index in [1.54, 1.807) is 30.1 Å². The molecule has 0 spiro atoms. The molecule has 7 heteroatoms. The SMILES string of the molecule is Cn1cc(C(=O)NC2CC2)c(-c2ccc([N+](=O)[O-])cc2)n1. The van der Waals surface area contributed by atoms with Gasteiger partial charge in [0.1, 0.15) is 5.69 Å². The van der Waals surface area contributed by atoms with Crippen molar-refractivity contribution >= 4 is 11.6 Å². The van der Waals surface area contributed by atoms with Crippen LogP contribution in [0.15, 0.2) is 30.5 Å². The lowest BCUT2D eigenvalue weighted by Crippen LogP contribution is -2.25. The maximum absolute atomic E-state index is 12.2. The maximum Gasteiger partial charge on any atom is 0.269 e. The third-order valence-electron chi connectivity index (χ3n) is 3.34. The first-order valence-corrected chi connectivity index (χ1v) is 6.64. The summed E-state index contributed by atoms with van der Waals surface area (Å²) in [6, 6.07) is 6.30. The zero-order valence-electron chi connectivity index (χ0n) is 11.4. The number of rotatable bonds is 4. The number of hydrogen-bond donors (Lipinski definition) is 1. The molecule has 1 heterocycles. The van der Waals surface area contributed by atoms with E-state index in [1.807, 2.05) is 0 Å². The van der Waals surface area contributed by atoms with Gasteiger partial charge in [0.05, 0.1) is 10.5 Å². The molecule has 1 aromatic carbocycles. The van der Waals surface area contributed by atoms with Gasteiger partial charge in [-0.1, -0.05) is 0 Å². The Morgan fingerprint density at radius 2 is 2.05 bits per heavy atom. The van der Waals surface area contributed by atoms with Gasteiger partial charge in [0, 0.05) is 37.0 Å². The van der Waals surface area contributed by atoms with E-state index < -0.39 is 4.92 Å². The van der Waals surface area contributed by atoms with Crippen molar-refractivity contribution in [3.8, 4) is 11.3 Å². The molecule has 1 aromatic heterocycles. The summed E-state index contributed by atoms with van der Waals surface area (Å²) in [7, 11) is 1.74. The third-order valence-corrected chi connectivity index (χ3v) is 3.34. The topological polar surface area (TPSA) is 90.1 Å². The molecule has 1 aliphatic rings. The average molecular weight is 286 g/mol. The maximum atomic E-state index is 12.2. The number of carbonyl (C=O) groups is 1. The number of carbonyl (C=O) groups excluding carboxylic acids is 1. The molecule has 1 saturated carbocycles. The van der Waals surface area contributed by atoms with Crippen LogP contribution < -0.4 is 5.32 Å². The van der Waals surface area contributed by atoms with Crippen LogP contribution in [0, 0.1) is 10.1 Å². The Balaban J connectivity index is 1.93. The minimum atomic E-state index is -0.455. The number of benzene rings is 1. The summed E-state index contributed by atoms with van der Waals surface area (Å²) < 4.78 is 1.57. The van der Waals surface area contributed by atoms with Crippen molar-refractivity contribution in [2.75, 3.05) is 0 Å². The van der Waals surface area contributed by atoms with Crippen LogP contribution in [-0.4, -0.2) is 26.7 Å². The summed E-state index contributed by atoms with van der Waals surface area (Å²) in [5, 5.41) is 17.9. The van der Waals surface area contributed by atoms with Crippen molar-refractivity contribution in [3.63, 3.8) is 0 Å². The van der Waals surface area contributed by atoms with Crippen molar-refractivity contribution in [2.24, 2.45) is 7.05 Å². The van der Waals surface area contributed by atoms with Crippen LogP contribution in [0.5, 0.6) is 0 Å². The first-order chi connectivity index (χ1) is 10.0. The van der Waals surface area contributed by atoms with Crippen LogP contribution >= 0.6 is 0 Å². The summed E-state index contributed by atoms with van der Waals surface area (Å²) in [4.78, 5) is 22.4. The van der Waals surface area contributed by atoms with E-state index in [0.717, 1.165) is 12.8 Å². The van der Waals surface area contributed by atoms with Crippen LogP contribution in [0.1, 0.15) is 23.2 Å². The highest BCUT2D eigenvalue weighted by Crippen LogP contribution is 2.26. The number of amides is 1. The van der Waals surface area contributed by atoms with E-state index in [1.165, 1.54) is 12.1 Å². The molecule has 21 heavy (non-hydrogen) atoms. The third kappa shape index (κ3) is 2.76. The summed E-state index contributed by atoms with van der Waals surface area (Å²) in [5.74, 6) is -0.154. The van der Waals surface area contributed by atoms with Crippen LogP contribution in [-0.2, 0) is 7.05 Å². The standard InChI is InChI=1S/C14H14N4O3/c1-17-8-12(14(19)15-10-4-5-10)13(16-17)9-2-6-11(7-3-9)18(20)21/h2-3,6-8,10H,4-5H2,1H3,(H,15,19). The van der Waals surface area contributed by atoms with Gasteiger partial charge >= 0.3 is 0 Å². The first kappa shape index (κ1) is 13.3. The fourth-order valence-corrected chi connectivity index (χ4v) is 2.10. The van der Waals surface area contributed by atoms with E-state index >= 15 is 0 Å². The Morgan fingerprint density at radius 1 is 1.38 bits per heavy atom. The molecule has 1 aliphatic carbocycles. The smallest absolute Gasteiger partial charge is 0.269 e. The lowest BCUT2D eigenvalue weighted by atomic mass is 10.1. The summed E-state index contributed by atoms with van der Waals surface area (Å²) in [6.45, 7) is 0. The number of nitro groups is 1. The molecule has 3 rings (SSSR count). The van der Waals surface area contributed by atoms with E-state index in [2.05, 4.69) is 10.4 Å². The van der Waals surface area contributed by atoms with Gasteiger partial charge in [0.2, 0.25) is 0 Å². The molecular weight excluding hydrogens is 272 g/mol. The van der Waals surface area contributed by atoms with E-state index in [0.29, 0.717) is 16.8 Å². The van der Waals surface area contributed by atoms with Crippen molar-refractivity contribution in [3.05, 3.63) is 46.1 Å². The minimum Gasteiger partial charge on any atom is -0.349 e. The van der Waals surface area contributed by atoms with Crippen molar-refractivity contribution in [1.29, 1.82) is 0 Å². The normalized spacial score (nSPS) is 14.0. The van der Waals surface area contributed by atoms with Crippen LogP contribution in [0.25, 0.3) is 11.3 Å². The van der Waals surface area contributed by atoms with Gasteiger partial charge in [-0.3, -0.25) is 19.6 Å². The molecule has 0 bridgehead atoms. The Labute approximate surface area is 120 Å². The molecule has 1 fully saturated rings. The Kier molecular flexibility index (Phi) is 3.17. The number of nitrogens with one attached hydrogen (secondary N) is 1. The Bertz CT molecular complexity index is 702. The van der Waals surface area contributed by atoms with Gasteiger partial charge in [-0.05, 0) is 25.0 Å². The second kappa shape index (κ2) is 5.01. The van der Waals surface area contributed by atoms with Gasteiger partial charge in [0.15, 0.2) is 0 Å². The molecule has 108 valence electrons. The second-order valence-electron chi connectivity index (χ2n) is 5.12. The fraction of sp³-hybridized carbons (Fsp3) is 0.286. The van der Waals surface area contributed by atoms with Crippen molar-refractivity contribution in [1.82, 2.24) is 15.1 Å². The second-order valence-corrected chi connectivity index (χ2v) is 5.12. The highest BCUT2D eigenvalue weighted by molar-refractivity contribution is 6.00. The number of non-ortho nitro benzene ring substituents is 1. The summed E-state index contributed by atoms with van der Waals surface area (Å²) >= 11 is 0. The van der Waals surface area contributed by atoms with Gasteiger partial charge in [-0.25, -0.2) is 0 Å². The Morgan fingerprint density at radius 3 is 2.62 bits per heavy atom. The predicted molar refractivity (Wildman–Crippen MR) is 75.8 cm³/mol. The fourth-order valence-electron chi connectivity index (χ4n) is 2.10. The monoisotopic (exact) mass is 286 g/mol. The van der Waals surface area contributed by atoms with Gasteiger partial charge in [-0.2, -0.15) is 5.10 Å². The number of aryl methyl sites for hydroxylation is 1. The van der Waals surface area contributed by atoms with Crippen molar-refractivity contribution in [2.45, 2.75) is 18.9 Å². The lowest BCUT2D eigenvalue weighted by Gasteiger charge is -2.03. The van der Waals surface area contributed by atoms with Crippen LogP contribution in [0.2, 0.25) is 0 Å². The molecule has 1 N–H and O–H groups in total. The van der Waals surface area contributed by atoms with Gasteiger partial charge < -0.3 is 5.32 Å².